The van der Waals surface area contributed by atoms with Gasteiger partial charge in [-0.2, -0.15) is 0 Å². The largest absolute Gasteiger partial charge is 0.481 e. The number of carboxylic acid groups (broad SMARTS) is 1. The summed E-state index contributed by atoms with van der Waals surface area (Å²) in [6, 6.07) is 0. The molecule has 0 radical (unpaired) electrons. The summed E-state index contributed by atoms with van der Waals surface area (Å²) in [7, 11) is 0. The van der Waals surface area contributed by atoms with Crippen LogP contribution in [0.3, 0.4) is 0 Å². The molecule has 0 amide bonds. The van der Waals surface area contributed by atoms with Crippen LogP contribution in [0.4, 0.5) is 0 Å². The molecule has 2 fully saturated rings. The van der Waals surface area contributed by atoms with Crippen molar-refractivity contribution < 1.29 is 9.90 Å². The molecule has 2 aliphatic rings. The van der Waals surface area contributed by atoms with Gasteiger partial charge in [0.1, 0.15) is 0 Å². The molecule has 2 rings (SSSR count). The highest BCUT2D eigenvalue weighted by Gasteiger charge is 2.50. The number of nitrogens with zero attached hydrogens (tertiary/aromatic N) is 1. The molecule has 80 valence electrons. The van der Waals surface area contributed by atoms with E-state index in [1.807, 2.05) is 0 Å². The molecule has 1 heterocycles. The van der Waals surface area contributed by atoms with E-state index < -0.39 is 5.97 Å². The zero-order valence-electron chi connectivity index (χ0n) is 8.41. The molecule has 0 aromatic carbocycles. The van der Waals surface area contributed by atoms with E-state index in [0.717, 1.165) is 38.9 Å². The summed E-state index contributed by atoms with van der Waals surface area (Å²) in [4.78, 5) is 13.1. The molecule has 1 saturated carbocycles. The molecule has 0 bridgehead atoms. The fraction of sp³-hybridized carbons (Fsp3) is 0.900. The molecule has 0 aromatic rings. The zero-order chi connectivity index (χ0) is 10.2. The quantitative estimate of drug-likeness (QED) is 0.676. The Balaban J connectivity index is 1.82. The van der Waals surface area contributed by atoms with E-state index in [4.69, 9.17) is 10.8 Å². The number of nitrogens with two attached hydrogens (primary N) is 1. The fourth-order valence-corrected chi connectivity index (χ4v) is 2.89. The maximum absolute atomic E-state index is 10.7. The average Bonchev–Trinajstić information content (AvgIpc) is 2.46. The molecule has 0 unspecified atom stereocenters. The van der Waals surface area contributed by atoms with Crippen LogP contribution >= 0.6 is 0 Å². The maximum atomic E-state index is 10.7. The first-order valence-electron chi connectivity index (χ1n) is 5.30. The summed E-state index contributed by atoms with van der Waals surface area (Å²) in [6.07, 6.45) is 2.92. The molecule has 1 spiro atoms. The molecule has 14 heavy (non-hydrogen) atoms. The number of aliphatic carboxylic acids is 1. The van der Waals surface area contributed by atoms with Crippen molar-refractivity contribution >= 4 is 5.97 Å². The van der Waals surface area contributed by atoms with Crippen molar-refractivity contribution in [3.63, 3.8) is 0 Å². The second kappa shape index (κ2) is 3.51. The van der Waals surface area contributed by atoms with Gasteiger partial charge in [0.15, 0.2) is 0 Å². The van der Waals surface area contributed by atoms with Crippen LogP contribution < -0.4 is 5.73 Å². The van der Waals surface area contributed by atoms with Crippen LogP contribution in [0.5, 0.6) is 0 Å². The van der Waals surface area contributed by atoms with Crippen molar-refractivity contribution in [3.05, 3.63) is 0 Å². The molecule has 3 N–H and O–H groups in total. The number of hydrogen-bond acceptors (Lipinski definition) is 3. The smallest absolute Gasteiger partial charge is 0.306 e. The van der Waals surface area contributed by atoms with Gasteiger partial charge in [0, 0.05) is 19.6 Å². The lowest BCUT2D eigenvalue weighted by Crippen LogP contribution is -2.43. The van der Waals surface area contributed by atoms with E-state index in [9.17, 15) is 4.79 Å². The fourth-order valence-electron chi connectivity index (χ4n) is 2.89. The molecule has 4 nitrogen and oxygen atoms in total. The monoisotopic (exact) mass is 198 g/mol. The Bertz CT molecular complexity index is 236. The first-order valence-corrected chi connectivity index (χ1v) is 5.30. The first-order chi connectivity index (χ1) is 6.65. The highest BCUT2D eigenvalue weighted by molar-refractivity contribution is 5.71. The third-order valence-corrected chi connectivity index (χ3v) is 3.67. The number of carboxylic acids is 1. The molecular formula is C10H18N2O2. The third-order valence-electron chi connectivity index (χ3n) is 3.67. The van der Waals surface area contributed by atoms with Crippen LogP contribution in [0.2, 0.25) is 0 Å². The van der Waals surface area contributed by atoms with Gasteiger partial charge in [-0.15, -0.1) is 0 Å². The average molecular weight is 198 g/mol. The summed E-state index contributed by atoms with van der Waals surface area (Å²) in [5.41, 5.74) is 5.83. The standard InChI is InChI=1S/C10H18N2O2/c11-2-4-12-3-1-10(7-12)5-8(6-10)9(13)14/h8H,1-7,11H2,(H,13,14). The zero-order valence-corrected chi connectivity index (χ0v) is 8.41. The molecule has 1 aliphatic heterocycles. The normalized spacial score (nSPS) is 37.4. The van der Waals surface area contributed by atoms with Crippen molar-refractivity contribution in [3.8, 4) is 0 Å². The number of hydrogen-bond donors (Lipinski definition) is 2. The van der Waals surface area contributed by atoms with Crippen LogP contribution in [-0.2, 0) is 4.79 Å². The second-order valence-electron chi connectivity index (χ2n) is 4.76. The molecule has 4 heteroatoms. The van der Waals surface area contributed by atoms with Gasteiger partial charge in [-0.05, 0) is 31.2 Å². The predicted octanol–water partition coefficient (Wildman–Crippen LogP) is 0.132. The van der Waals surface area contributed by atoms with E-state index >= 15 is 0 Å². The van der Waals surface area contributed by atoms with Gasteiger partial charge >= 0.3 is 5.97 Å². The van der Waals surface area contributed by atoms with Gasteiger partial charge in [-0.3, -0.25) is 4.79 Å². The molecule has 0 aromatic heterocycles. The summed E-state index contributed by atoms with van der Waals surface area (Å²) in [6.45, 7) is 3.83. The van der Waals surface area contributed by atoms with Gasteiger partial charge in [0.25, 0.3) is 0 Å². The van der Waals surface area contributed by atoms with Crippen LogP contribution in [0, 0.1) is 11.3 Å². The van der Waals surface area contributed by atoms with Crippen LogP contribution in [0.25, 0.3) is 0 Å². The van der Waals surface area contributed by atoms with Crippen LogP contribution in [0.15, 0.2) is 0 Å². The van der Waals surface area contributed by atoms with Crippen molar-refractivity contribution in [1.29, 1.82) is 0 Å². The van der Waals surface area contributed by atoms with Gasteiger partial charge < -0.3 is 15.7 Å². The highest BCUT2D eigenvalue weighted by atomic mass is 16.4. The molecule has 0 atom stereocenters. The second-order valence-corrected chi connectivity index (χ2v) is 4.76. The van der Waals surface area contributed by atoms with Crippen LogP contribution in [0.1, 0.15) is 19.3 Å². The lowest BCUT2D eigenvalue weighted by atomic mass is 9.61. The summed E-state index contributed by atoms with van der Waals surface area (Å²) in [5.74, 6) is -0.694. The van der Waals surface area contributed by atoms with Gasteiger partial charge in [-0.1, -0.05) is 0 Å². The molecule has 1 saturated heterocycles. The van der Waals surface area contributed by atoms with E-state index in [2.05, 4.69) is 4.90 Å². The minimum atomic E-state index is -0.618. The van der Waals surface area contributed by atoms with E-state index in [0.29, 0.717) is 12.0 Å². The SMILES string of the molecule is NCCN1CCC2(CC(C(=O)O)C2)C1. The Labute approximate surface area is 84.1 Å². The van der Waals surface area contributed by atoms with E-state index in [1.54, 1.807) is 0 Å². The number of rotatable bonds is 3. The number of likely N-dealkylation sites (tertiary alicyclic amines) is 1. The van der Waals surface area contributed by atoms with Gasteiger partial charge in [0.2, 0.25) is 0 Å². The minimum Gasteiger partial charge on any atom is -0.481 e. The lowest BCUT2D eigenvalue weighted by molar-refractivity contribution is -0.149. The number of carbonyl (C=O) groups is 1. The first kappa shape index (κ1) is 9.93. The third kappa shape index (κ3) is 1.64. The Hall–Kier alpha value is -0.610. The Morgan fingerprint density at radius 2 is 2.29 bits per heavy atom. The summed E-state index contributed by atoms with van der Waals surface area (Å²) in [5, 5.41) is 8.81. The minimum absolute atomic E-state index is 0.0761. The van der Waals surface area contributed by atoms with E-state index in [-0.39, 0.29) is 5.92 Å². The molecular weight excluding hydrogens is 180 g/mol. The maximum Gasteiger partial charge on any atom is 0.306 e. The van der Waals surface area contributed by atoms with Gasteiger partial charge in [0.05, 0.1) is 5.92 Å². The van der Waals surface area contributed by atoms with Crippen molar-refractivity contribution in [1.82, 2.24) is 4.90 Å². The lowest BCUT2D eigenvalue weighted by Gasteiger charge is -2.43. The molecule has 1 aliphatic carbocycles. The Kier molecular flexibility index (Phi) is 2.49. The summed E-state index contributed by atoms with van der Waals surface area (Å²) >= 11 is 0. The predicted molar refractivity (Wildman–Crippen MR) is 52.9 cm³/mol. The van der Waals surface area contributed by atoms with Crippen LogP contribution in [-0.4, -0.2) is 42.2 Å². The topological polar surface area (TPSA) is 66.6 Å². The van der Waals surface area contributed by atoms with Crippen molar-refractivity contribution in [2.24, 2.45) is 17.1 Å². The Morgan fingerprint density at radius 1 is 1.57 bits per heavy atom. The van der Waals surface area contributed by atoms with Gasteiger partial charge in [-0.25, -0.2) is 0 Å². The van der Waals surface area contributed by atoms with Crippen molar-refractivity contribution in [2.75, 3.05) is 26.2 Å². The Morgan fingerprint density at radius 3 is 2.86 bits per heavy atom. The summed E-state index contributed by atoms with van der Waals surface area (Å²) < 4.78 is 0. The highest BCUT2D eigenvalue weighted by Crippen LogP contribution is 2.51. The van der Waals surface area contributed by atoms with Crippen molar-refractivity contribution in [2.45, 2.75) is 19.3 Å². The van der Waals surface area contributed by atoms with E-state index in [1.165, 1.54) is 0 Å².